The molecule has 0 spiro atoms. The van der Waals surface area contributed by atoms with Gasteiger partial charge in [-0.2, -0.15) is 4.98 Å². The smallest absolute Gasteiger partial charge is 0.268 e. The first kappa shape index (κ1) is 15.6. The number of hydrogen-bond acceptors (Lipinski definition) is 6. The molecule has 0 saturated carbocycles. The number of nitrogens with one attached hydrogen (secondary N) is 2. The first-order valence-corrected chi connectivity index (χ1v) is 7.29. The highest BCUT2D eigenvalue weighted by molar-refractivity contribution is 5.92. The van der Waals surface area contributed by atoms with Crippen molar-refractivity contribution in [3.63, 3.8) is 0 Å². The van der Waals surface area contributed by atoms with Crippen LogP contribution >= 0.6 is 0 Å². The maximum atomic E-state index is 12.2. The van der Waals surface area contributed by atoms with Crippen LogP contribution in [0.25, 0.3) is 11.4 Å². The molecular formula is C16H15N5O3. The van der Waals surface area contributed by atoms with E-state index >= 15 is 0 Å². The van der Waals surface area contributed by atoms with E-state index < -0.39 is 11.9 Å². The maximum Gasteiger partial charge on any atom is 0.268 e. The van der Waals surface area contributed by atoms with Crippen molar-refractivity contribution in [3.05, 3.63) is 64.2 Å². The normalized spacial score (nSPS) is 11.9. The van der Waals surface area contributed by atoms with Gasteiger partial charge in [-0.25, -0.2) is 0 Å². The van der Waals surface area contributed by atoms with Crippen molar-refractivity contribution >= 4 is 5.91 Å². The summed E-state index contributed by atoms with van der Waals surface area (Å²) in [6.45, 7) is 3.43. The fourth-order valence-electron chi connectivity index (χ4n) is 2.17. The van der Waals surface area contributed by atoms with Gasteiger partial charge in [-0.05, 0) is 26.0 Å². The first-order valence-electron chi connectivity index (χ1n) is 7.29. The van der Waals surface area contributed by atoms with Gasteiger partial charge in [0, 0.05) is 35.8 Å². The molecule has 0 aliphatic rings. The van der Waals surface area contributed by atoms with E-state index in [1.54, 1.807) is 38.4 Å². The van der Waals surface area contributed by atoms with Crippen LogP contribution in [0.15, 0.2) is 46.0 Å². The van der Waals surface area contributed by atoms with Crippen LogP contribution in [0.1, 0.15) is 35.0 Å². The predicted molar refractivity (Wildman–Crippen MR) is 85.2 cm³/mol. The Hall–Kier alpha value is -3.29. The van der Waals surface area contributed by atoms with Gasteiger partial charge in [0.2, 0.25) is 11.7 Å². The van der Waals surface area contributed by atoms with Gasteiger partial charge in [0.1, 0.15) is 11.7 Å². The standard InChI is InChI=1S/C16H15N5O3/c1-9-7-12(22)8-13(18-9)15(23)19-10(2)16-20-14(21-24-16)11-3-5-17-6-4-11/h3-8,10H,1-2H3,(H,18,22)(H,19,23). The number of rotatable bonds is 4. The van der Waals surface area contributed by atoms with Crippen molar-refractivity contribution < 1.29 is 9.32 Å². The zero-order valence-electron chi connectivity index (χ0n) is 13.1. The van der Waals surface area contributed by atoms with E-state index in [1.807, 2.05) is 0 Å². The van der Waals surface area contributed by atoms with Crippen molar-refractivity contribution in [2.45, 2.75) is 19.9 Å². The van der Waals surface area contributed by atoms with Crippen LogP contribution in [-0.4, -0.2) is 26.0 Å². The molecule has 0 radical (unpaired) electrons. The Morgan fingerprint density at radius 1 is 1.29 bits per heavy atom. The Morgan fingerprint density at radius 2 is 2.04 bits per heavy atom. The largest absolute Gasteiger partial charge is 0.354 e. The number of hydrogen-bond donors (Lipinski definition) is 2. The van der Waals surface area contributed by atoms with Crippen molar-refractivity contribution in [2.75, 3.05) is 0 Å². The van der Waals surface area contributed by atoms with Gasteiger partial charge < -0.3 is 14.8 Å². The number of carbonyl (C=O) groups excluding carboxylic acids is 1. The average Bonchev–Trinajstić information content (AvgIpc) is 3.05. The molecule has 3 aromatic rings. The summed E-state index contributed by atoms with van der Waals surface area (Å²) in [6, 6.07) is 5.67. The molecule has 3 heterocycles. The number of pyridine rings is 2. The lowest BCUT2D eigenvalue weighted by atomic mass is 10.2. The van der Waals surface area contributed by atoms with Crippen LogP contribution in [0.5, 0.6) is 0 Å². The van der Waals surface area contributed by atoms with E-state index in [9.17, 15) is 9.59 Å². The highest BCUT2D eigenvalue weighted by Crippen LogP contribution is 2.17. The molecular weight excluding hydrogens is 310 g/mol. The van der Waals surface area contributed by atoms with E-state index in [0.29, 0.717) is 11.5 Å². The lowest BCUT2D eigenvalue weighted by Gasteiger charge is -2.09. The molecule has 1 amide bonds. The zero-order chi connectivity index (χ0) is 17.1. The van der Waals surface area contributed by atoms with Gasteiger partial charge >= 0.3 is 0 Å². The Labute approximate surface area is 137 Å². The molecule has 3 aromatic heterocycles. The third-order valence-corrected chi connectivity index (χ3v) is 3.32. The summed E-state index contributed by atoms with van der Waals surface area (Å²) in [6.07, 6.45) is 3.26. The molecule has 24 heavy (non-hydrogen) atoms. The number of carbonyl (C=O) groups is 1. The van der Waals surface area contributed by atoms with Crippen LogP contribution < -0.4 is 10.7 Å². The average molecular weight is 325 g/mol. The minimum Gasteiger partial charge on any atom is -0.354 e. The summed E-state index contributed by atoms with van der Waals surface area (Å²) in [4.78, 5) is 34.8. The summed E-state index contributed by atoms with van der Waals surface area (Å²) < 4.78 is 5.20. The van der Waals surface area contributed by atoms with Crippen LogP contribution in [0.2, 0.25) is 0 Å². The predicted octanol–water partition coefficient (Wildman–Crippen LogP) is 1.62. The molecule has 0 saturated heterocycles. The second-order valence-corrected chi connectivity index (χ2v) is 5.30. The van der Waals surface area contributed by atoms with E-state index in [-0.39, 0.29) is 17.0 Å². The second kappa shape index (κ2) is 6.45. The molecule has 8 nitrogen and oxygen atoms in total. The van der Waals surface area contributed by atoms with Gasteiger partial charge in [0.25, 0.3) is 5.91 Å². The molecule has 0 aromatic carbocycles. The van der Waals surface area contributed by atoms with Crippen molar-refractivity contribution in [3.8, 4) is 11.4 Å². The highest BCUT2D eigenvalue weighted by Gasteiger charge is 2.18. The van der Waals surface area contributed by atoms with Crippen LogP contribution in [-0.2, 0) is 0 Å². The highest BCUT2D eigenvalue weighted by atomic mass is 16.5. The summed E-state index contributed by atoms with van der Waals surface area (Å²) >= 11 is 0. The molecule has 122 valence electrons. The van der Waals surface area contributed by atoms with Crippen molar-refractivity contribution in [2.24, 2.45) is 0 Å². The van der Waals surface area contributed by atoms with E-state index in [2.05, 4.69) is 25.4 Å². The topological polar surface area (TPSA) is 114 Å². The Bertz CT molecular complexity index is 917. The number of nitrogens with zero attached hydrogens (tertiary/aromatic N) is 3. The minimum atomic E-state index is -0.510. The Morgan fingerprint density at radius 3 is 2.75 bits per heavy atom. The summed E-state index contributed by atoms with van der Waals surface area (Å²) in [5, 5.41) is 6.61. The maximum absolute atomic E-state index is 12.2. The number of aromatic nitrogens is 4. The molecule has 1 atom stereocenters. The third-order valence-electron chi connectivity index (χ3n) is 3.32. The summed E-state index contributed by atoms with van der Waals surface area (Å²) in [7, 11) is 0. The van der Waals surface area contributed by atoms with Crippen LogP contribution in [0.4, 0.5) is 0 Å². The minimum absolute atomic E-state index is 0.181. The third kappa shape index (κ3) is 3.37. The van der Waals surface area contributed by atoms with Crippen molar-refractivity contribution in [1.29, 1.82) is 0 Å². The molecule has 2 N–H and O–H groups in total. The van der Waals surface area contributed by atoms with E-state index in [1.165, 1.54) is 12.1 Å². The van der Waals surface area contributed by atoms with Crippen molar-refractivity contribution in [1.82, 2.24) is 25.4 Å². The quantitative estimate of drug-likeness (QED) is 0.753. The molecule has 0 aliphatic carbocycles. The number of H-pyrrole nitrogens is 1. The van der Waals surface area contributed by atoms with Crippen LogP contribution in [0, 0.1) is 6.92 Å². The summed E-state index contributed by atoms with van der Waals surface area (Å²) in [5.74, 6) is 0.259. The monoisotopic (exact) mass is 325 g/mol. The lowest BCUT2D eigenvalue weighted by Crippen LogP contribution is -2.28. The van der Waals surface area contributed by atoms with Gasteiger partial charge in [-0.1, -0.05) is 5.16 Å². The van der Waals surface area contributed by atoms with Gasteiger partial charge in [0.15, 0.2) is 5.43 Å². The first-order chi connectivity index (χ1) is 11.5. The second-order valence-electron chi connectivity index (χ2n) is 5.30. The number of aromatic amines is 1. The number of aryl methyl sites for hydroxylation is 1. The lowest BCUT2D eigenvalue weighted by molar-refractivity contribution is 0.0927. The fourth-order valence-corrected chi connectivity index (χ4v) is 2.17. The van der Waals surface area contributed by atoms with Crippen LogP contribution in [0.3, 0.4) is 0 Å². The van der Waals surface area contributed by atoms with E-state index in [4.69, 9.17) is 4.52 Å². The van der Waals surface area contributed by atoms with Gasteiger partial charge in [0.05, 0.1) is 0 Å². The molecule has 1 unspecified atom stereocenters. The van der Waals surface area contributed by atoms with E-state index in [0.717, 1.165) is 5.56 Å². The molecule has 3 rings (SSSR count). The fraction of sp³-hybridized carbons (Fsp3) is 0.188. The van der Waals surface area contributed by atoms with Gasteiger partial charge in [-0.15, -0.1) is 0 Å². The zero-order valence-corrected chi connectivity index (χ0v) is 13.1. The summed E-state index contributed by atoms with van der Waals surface area (Å²) in [5.41, 5.74) is 1.32. The molecule has 0 aliphatic heterocycles. The Balaban J connectivity index is 1.75. The molecule has 0 fully saturated rings. The molecule has 0 bridgehead atoms. The number of amides is 1. The molecule has 8 heteroatoms. The van der Waals surface area contributed by atoms with Gasteiger partial charge in [-0.3, -0.25) is 14.6 Å². The Kier molecular flexibility index (Phi) is 4.19. The SMILES string of the molecule is Cc1cc(=O)cc(C(=O)NC(C)c2nc(-c3ccncc3)no2)[nH]1.